The highest BCUT2D eigenvalue weighted by molar-refractivity contribution is 5.89. The van der Waals surface area contributed by atoms with Crippen LogP contribution in [0.4, 0.5) is 0 Å². The summed E-state index contributed by atoms with van der Waals surface area (Å²) in [7, 11) is 4.35. The van der Waals surface area contributed by atoms with Gasteiger partial charge in [-0.2, -0.15) is 0 Å². The highest BCUT2D eigenvalue weighted by Crippen LogP contribution is 2.23. The monoisotopic (exact) mass is 217 g/mol. The smallest absolute Gasteiger partial charge is 0.338 e. The maximum atomic E-state index is 11.7. The van der Waals surface area contributed by atoms with E-state index < -0.39 is 17.5 Å². The Morgan fingerprint density at radius 2 is 1.93 bits per heavy atom. The molecule has 0 saturated heterocycles. The van der Waals surface area contributed by atoms with E-state index in [1.165, 1.54) is 18.9 Å². The molecule has 5 nitrogen and oxygen atoms in total. The third-order valence-corrected chi connectivity index (χ3v) is 2.42. The minimum atomic E-state index is -1.77. The first-order valence-corrected chi connectivity index (χ1v) is 4.80. The molecule has 0 bridgehead atoms. The van der Waals surface area contributed by atoms with E-state index >= 15 is 0 Å². The summed E-state index contributed by atoms with van der Waals surface area (Å²) in [5.74, 6) is -1.85. The summed E-state index contributed by atoms with van der Waals surface area (Å²) < 4.78 is 4.47. The first-order chi connectivity index (χ1) is 6.78. The molecule has 0 aromatic heterocycles. The molecule has 1 N–H and O–H groups in total. The van der Waals surface area contributed by atoms with E-state index in [9.17, 15) is 14.7 Å². The van der Waals surface area contributed by atoms with Crippen molar-refractivity contribution in [3.8, 4) is 0 Å². The molecule has 0 heterocycles. The molecule has 0 aliphatic heterocycles. The summed E-state index contributed by atoms with van der Waals surface area (Å²) in [5, 5.41) is 9.94. The fourth-order valence-electron chi connectivity index (χ4n) is 1.47. The second-order valence-corrected chi connectivity index (χ2v) is 3.83. The fourth-order valence-corrected chi connectivity index (χ4v) is 1.47. The van der Waals surface area contributed by atoms with Crippen molar-refractivity contribution in [3.63, 3.8) is 0 Å². The van der Waals surface area contributed by atoms with Gasteiger partial charge in [0, 0.05) is 14.1 Å². The standard InChI is InChI=1S/C10H19NO4/c1-6-7(8(12)11(3)4)10(2,14)9(13)15-5/h7,14H,6H2,1-5H3/t7-,10-/m1/s1. The number of rotatable bonds is 4. The molecule has 0 aromatic carbocycles. The topological polar surface area (TPSA) is 66.8 Å². The molecule has 1 amide bonds. The molecule has 0 unspecified atom stereocenters. The molecule has 2 atom stereocenters. The van der Waals surface area contributed by atoms with Crippen LogP contribution in [-0.2, 0) is 14.3 Å². The normalized spacial score (nSPS) is 16.4. The van der Waals surface area contributed by atoms with Crippen molar-refractivity contribution in [1.82, 2.24) is 4.90 Å². The molecule has 0 radical (unpaired) electrons. The number of hydrogen-bond donors (Lipinski definition) is 1. The average molecular weight is 217 g/mol. The van der Waals surface area contributed by atoms with Gasteiger partial charge in [0.05, 0.1) is 13.0 Å². The van der Waals surface area contributed by atoms with E-state index in [1.54, 1.807) is 21.0 Å². The highest BCUT2D eigenvalue weighted by atomic mass is 16.5. The zero-order valence-corrected chi connectivity index (χ0v) is 9.90. The van der Waals surface area contributed by atoms with Crippen molar-refractivity contribution in [1.29, 1.82) is 0 Å². The van der Waals surface area contributed by atoms with Crippen LogP contribution in [0, 0.1) is 5.92 Å². The van der Waals surface area contributed by atoms with Crippen LogP contribution in [0.15, 0.2) is 0 Å². The quantitative estimate of drug-likeness (QED) is 0.674. The van der Waals surface area contributed by atoms with Crippen molar-refractivity contribution < 1.29 is 19.4 Å². The summed E-state index contributed by atoms with van der Waals surface area (Å²) in [5.41, 5.74) is -1.77. The molecule has 15 heavy (non-hydrogen) atoms. The van der Waals surface area contributed by atoms with Gasteiger partial charge >= 0.3 is 5.97 Å². The number of hydrogen-bond acceptors (Lipinski definition) is 4. The third kappa shape index (κ3) is 2.92. The number of amides is 1. The van der Waals surface area contributed by atoms with Gasteiger partial charge in [0.1, 0.15) is 0 Å². The Balaban J connectivity index is 4.96. The number of aliphatic hydroxyl groups is 1. The Hall–Kier alpha value is -1.10. The van der Waals surface area contributed by atoms with Crippen LogP contribution in [0.2, 0.25) is 0 Å². The van der Waals surface area contributed by atoms with Gasteiger partial charge in [-0.05, 0) is 13.3 Å². The van der Waals surface area contributed by atoms with E-state index in [0.717, 1.165) is 0 Å². The number of methoxy groups -OCH3 is 1. The van der Waals surface area contributed by atoms with E-state index in [-0.39, 0.29) is 5.91 Å². The lowest BCUT2D eigenvalue weighted by Crippen LogP contribution is -2.50. The van der Waals surface area contributed by atoms with Crippen LogP contribution in [-0.4, -0.2) is 48.7 Å². The second-order valence-electron chi connectivity index (χ2n) is 3.83. The van der Waals surface area contributed by atoms with Gasteiger partial charge in [0.2, 0.25) is 5.91 Å². The first kappa shape index (κ1) is 13.9. The van der Waals surface area contributed by atoms with E-state index in [1.807, 2.05) is 0 Å². The van der Waals surface area contributed by atoms with Crippen LogP contribution in [0.25, 0.3) is 0 Å². The summed E-state index contributed by atoms with van der Waals surface area (Å²) in [4.78, 5) is 24.4. The average Bonchev–Trinajstić information content (AvgIpc) is 2.16. The van der Waals surface area contributed by atoms with Crippen molar-refractivity contribution >= 4 is 11.9 Å². The summed E-state index contributed by atoms with van der Waals surface area (Å²) in [6.07, 6.45) is 0.374. The molecule has 0 spiro atoms. The lowest BCUT2D eigenvalue weighted by molar-refractivity contribution is -0.171. The zero-order valence-electron chi connectivity index (χ0n) is 9.90. The van der Waals surface area contributed by atoms with Crippen molar-refractivity contribution in [2.75, 3.05) is 21.2 Å². The summed E-state index contributed by atoms with van der Waals surface area (Å²) >= 11 is 0. The molecule has 0 rings (SSSR count). The zero-order chi connectivity index (χ0) is 12.2. The van der Waals surface area contributed by atoms with E-state index in [2.05, 4.69) is 4.74 Å². The summed E-state index contributed by atoms with van der Waals surface area (Å²) in [6.45, 7) is 3.04. The van der Waals surface area contributed by atoms with Gasteiger partial charge in [-0.1, -0.05) is 6.92 Å². The fraction of sp³-hybridized carbons (Fsp3) is 0.800. The van der Waals surface area contributed by atoms with Crippen LogP contribution in [0.5, 0.6) is 0 Å². The number of ether oxygens (including phenoxy) is 1. The minimum absolute atomic E-state index is 0.284. The van der Waals surface area contributed by atoms with Crippen molar-refractivity contribution in [2.45, 2.75) is 25.9 Å². The van der Waals surface area contributed by atoms with Crippen LogP contribution in [0.1, 0.15) is 20.3 Å². The molecule has 0 aromatic rings. The SMILES string of the molecule is CC[C@H](C(=O)N(C)C)[C@@](C)(O)C(=O)OC. The maximum Gasteiger partial charge on any atom is 0.338 e. The molecule has 0 aliphatic carbocycles. The number of nitrogens with zero attached hydrogens (tertiary/aromatic N) is 1. The molecule has 0 aliphatic rings. The molecule has 0 fully saturated rings. The van der Waals surface area contributed by atoms with Crippen LogP contribution in [0.3, 0.4) is 0 Å². The third-order valence-electron chi connectivity index (χ3n) is 2.42. The van der Waals surface area contributed by atoms with Gasteiger partial charge < -0.3 is 14.7 Å². The number of carbonyl (C=O) groups excluding carboxylic acids is 2. The molecule has 5 heteroatoms. The van der Waals surface area contributed by atoms with Gasteiger partial charge in [-0.25, -0.2) is 4.79 Å². The minimum Gasteiger partial charge on any atom is -0.467 e. The van der Waals surface area contributed by atoms with Gasteiger partial charge in [-0.3, -0.25) is 4.79 Å². The van der Waals surface area contributed by atoms with E-state index in [4.69, 9.17) is 0 Å². The van der Waals surface area contributed by atoms with Gasteiger partial charge in [0.15, 0.2) is 5.60 Å². The van der Waals surface area contributed by atoms with Crippen LogP contribution >= 0.6 is 0 Å². The number of carbonyl (C=O) groups is 2. The molecule has 88 valence electrons. The maximum absolute atomic E-state index is 11.7. The number of esters is 1. The van der Waals surface area contributed by atoms with Crippen molar-refractivity contribution in [3.05, 3.63) is 0 Å². The summed E-state index contributed by atoms with van der Waals surface area (Å²) in [6, 6.07) is 0. The lowest BCUT2D eigenvalue weighted by Gasteiger charge is -2.30. The molecular formula is C10H19NO4. The van der Waals surface area contributed by atoms with Gasteiger partial charge in [-0.15, -0.1) is 0 Å². The van der Waals surface area contributed by atoms with Gasteiger partial charge in [0.25, 0.3) is 0 Å². The molecule has 0 saturated carbocycles. The second kappa shape index (κ2) is 5.11. The van der Waals surface area contributed by atoms with E-state index in [0.29, 0.717) is 6.42 Å². The Labute approximate surface area is 90.0 Å². The Morgan fingerprint density at radius 1 is 1.47 bits per heavy atom. The highest BCUT2D eigenvalue weighted by Gasteiger charge is 2.44. The Bertz CT molecular complexity index is 248. The van der Waals surface area contributed by atoms with Crippen molar-refractivity contribution in [2.24, 2.45) is 5.92 Å². The lowest BCUT2D eigenvalue weighted by atomic mass is 9.86. The predicted molar refractivity (Wildman–Crippen MR) is 55.1 cm³/mol. The molecular weight excluding hydrogens is 198 g/mol. The first-order valence-electron chi connectivity index (χ1n) is 4.80. The predicted octanol–water partition coefficient (Wildman–Crippen LogP) is 0.0248. The van der Waals surface area contributed by atoms with Crippen LogP contribution < -0.4 is 0 Å². The Morgan fingerprint density at radius 3 is 2.20 bits per heavy atom. The Kier molecular flexibility index (Phi) is 4.74. The largest absolute Gasteiger partial charge is 0.467 e.